The lowest BCUT2D eigenvalue weighted by Gasteiger charge is -2.08. The molecule has 6 heteroatoms. The van der Waals surface area contributed by atoms with Crippen molar-refractivity contribution in [1.29, 1.82) is 5.26 Å². The van der Waals surface area contributed by atoms with Gasteiger partial charge in [0.25, 0.3) is 0 Å². The quantitative estimate of drug-likeness (QED) is 0.773. The van der Waals surface area contributed by atoms with Crippen molar-refractivity contribution in [2.75, 3.05) is 0 Å². The number of aromatic carboxylic acids is 1. The first-order valence-corrected chi connectivity index (χ1v) is 7.08. The summed E-state index contributed by atoms with van der Waals surface area (Å²) < 4.78 is 10.4. The number of nitrogens with zero attached hydrogens (tertiary/aromatic N) is 2. The molecule has 24 heavy (non-hydrogen) atoms. The molecule has 0 aliphatic rings. The van der Waals surface area contributed by atoms with Crippen LogP contribution in [0, 0.1) is 11.3 Å². The van der Waals surface area contributed by atoms with Crippen LogP contribution in [0.4, 0.5) is 0 Å². The summed E-state index contributed by atoms with van der Waals surface area (Å²) in [7, 11) is 0. The summed E-state index contributed by atoms with van der Waals surface area (Å²) in [6, 6.07) is 17.8. The van der Waals surface area contributed by atoms with Gasteiger partial charge in [-0.05, 0) is 30.3 Å². The normalized spacial score (nSPS) is 10.1. The fourth-order valence-electron chi connectivity index (χ4n) is 2.15. The molecule has 3 rings (SSSR count). The van der Waals surface area contributed by atoms with Gasteiger partial charge in [0, 0.05) is 17.2 Å². The van der Waals surface area contributed by atoms with Gasteiger partial charge in [-0.15, -0.1) is 0 Å². The van der Waals surface area contributed by atoms with Crippen LogP contribution in [0.1, 0.15) is 21.7 Å². The van der Waals surface area contributed by atoms with E-state index < -0.39 is 5.97 Å². The largest absolute Gasteiger partial charge is 0.489 e. The molecule has 0 aliphatic carbocycles. The molecule has 0 atom stereocenters. The maximum Gasteiger partial charge on any atom is 0.374 e. The second kappa shape index (κ2) is 6.67. The standard InChI is InChI=1S/C18H12N2O4/c19-10-13-3-1-2-4-14(13)11-23-15-7-5-12(6-8-15)16-9-17(18(21)22)24-20-16/h1-9H,11H2,(H,21,22). The van der Waals surface area contributed by atoms with Crippen molar-refractivity contribution in [1.82, 2.24) is 5.16 Å². The topological polar surface area (TPSA) is 96.3 Å². The van der Waals surface area contributed by atoms with E-state index in [-0.39, 0.29) is 12.4 Å². The van der Waals surface area contributed by atoms with Crippen molar-refractivity contribution < 1.29 is 19.2 Å². The van der Waals surface area contributed by atoms with Crippen LogP contribution < -0.4 is 4.74 Å². The SMILES string of the molecule is N#Cc1ccccc1COc1ccc(-c2cc(C(=O)O)on2)cc1. The van der Waals surface area contributed by atoms with Gasteiger partial charge in [0.15, 0.2) is 0 Å². The molecule has 0 fully saturated rings. The van der Waals surface area contributed by atoms with Crippen molar-refractivity contribution >= 4 is 5.97 Å². The Morgan fingerprint density at radius 1 is 1.21 bits per heavy atom. The second-order valence-electron chi connectivity index (χ2n) is 4.96. The van der Waals surface area contributed by atoms with Gasteiger partial charge in [-0.2, -0.15) is 5.26 Å². The average Bonchev–Trinajstić information content (AvgIpc) is 3.11. The predicted octanol–water partition coefficient (Wildman–Crippen LogP) is 3.49. The molecule has 118 valence electrons. The zero-order valence-corrected chi connectivity index (χ0v) is 12.5. The molecule has 6 nitrogen and oxygen atoms in total. The highest BCUT2D eigenvalue weighted by Gasteiger charge is 2.12. The molecular weight excluding hydrogens is 308 g/mol. The van der Waals surface area contributed by atoms with Crippen molar-refractivity contribution in [2.45, 2.75) is 6.61 Å². The van der Waals surface area contributed by atoms with E-state index >= 15 is 0 Å². The number of carboxylic acids is 1. The maximum absolute atomic E-state index is 10.8. The molecule has 1 N–H and O–H groups in total. The van der Waals surface area contributed by atoms with E-state index in [1.807, 2.05) is 12.1 Å². The smallest absolute Gasteiger partial charge is 0.374 e. The maximum atomic E-state index is 10.8. The Morgan fingerprint density at radius 2 is 1.96 bits per heavy atom. The lowest BCUT2D eigenvalue weighted by Crippen LogP contribution is -1.98. The molecule has 0 bridgehead atoms. The lowest BCUT2D eigenvalue weighted by molar-refractivity contribution is 0.0652. The van der Waals surface area contributed by atoms with Gasteiger partial charge in [0.1, 0.15) is 18.1 Å². The van der Waals surface area contributed by atoms with Crippen LogP contribution in [-0.2, 0) is 6.61 Å². The predicted molar refractivity (Wildman–Crippen MR) is 84.4 cm³/mol. The number of hydrogen-bond acceptors (Lipinski definition) is 5. The number of carboxylic acid groups (broad SMARTS) is 1. The molecule has 0 radical (unpaired) electrons. The molecule has 2 aromatic carbocycles. The minimum absolute atomic E-state index is 0.210. The van der Waals surface area contributed by atoms with Gasteiger partial charge in [0.2, 0.25) is 5.76 Å². The first-order valence-electron chi connectivity index (χ1n) is 7.08. The van der Waals surface area contributed by atoms with Gasteiger partial charge in [0.05, 0.1) is 11.6 Å². The fraction of sp³-hybridized carbons (Fsp3) is 0.0556. The fourth-order valence-corrected chi connectivity index (χ4v) is 2.15. The van der Waals surface area contributed by atoms with Crippen LogP contribution in [0.2, 0.25) is 0 Å². The van der Waals surface area contributed by atoms with Crippen LogP contribution in [0.5, 0.6) is 5.75 Å². The minimum Gasteiger partial charge on any atom is -0.489 e. The average molecular weight is 320 g/mol. The molecule has 0 saturated heterocycles. The molecule has 0 aliphatic heterocycles. The lowest BCUT2D eigenvalue weighted by atomic mass is 10.1. The molecular formula is C18H12N2O4. The summed E-state index contributed by atoms with van der Waals surface area (Å²) in [4.78, 5) is 10.8. The first-order chi connectivity index (χ1) is 11.7. The number of aromatic nitrogens is 1. The molecule has 0 saturated carbocycles. The summed E-state index contributed by atoms with van der Waals surface area (Å²) in [6.07, 6.45) is 0. The first kappa shape index (κ1) is 15.3. The number of nitriles is 1. The van der Waals surface area contributed by atoms with E-state index in [4.69, 9.17) is 19.6 Å². The van der Waals surface area contributed by atoms with Gasteiger partial charge in [-0.1, -0.05) is 23.4 Å². The van der Waals surface area contributed by atoms with Gasteiger partial charge < -0.3 is 14.4 Å². The van der Waals surface area contributed by atoms with E-state index in [0.717, 1.165) is 11.1 Å². The Balaban J connectivity index is 1.70. The van der Waals surface area contributed by atoms with E-state index in [9.17, 15) is 4.79 Å². The van der Waals surface area contributed by atoms with Gasteiger partial charge >= 0.3 is 5.97 Å². The van der Waals surface area contributed by atoms with Crippen molar-refractivity contribution in [2.24, 2.45) is 0 Å². The second-order valence-corrected chi connectivity index (χ2v) is 4.96. The molecule has 0 spiro atoms. The summed E-state index contributed by atoms with van der Waals surface area (Å²) in [5.74, 6) is -0.739. The third-order valence-electron chi connectivity index (χ3n) is 3.40. The van der Waals surface area contributed by atoms with Gasteiger partial charge in [-0.25, -0.2) is 4.79 Å². The number of carbonyl (C=O) groups is 1. The van der Waals surface area contributed by atoms with Crippen molar-refractivity contribution in [3.63, 3.8) is 0 Å². The zero-order chi connectivity index (χ0) is 16.9. The summed E-state index contributed by atoms with van der Waals surface area (Å²) in [6.45, 7) is 0.288. The Labute approximate surface area is 137 Å². The molecule has 0 amide bonds. The number of ether oxygens (including phenoxy) is 1. The van der Waals surface area contributed by atoms with Crippen LogP contribution in [-0.4, -0.2) is 16.2 Å². The van der Waals surface area contributed by atoms with E-state index in [2.05, 4.69) is 11.2 Å². The van der Waals surface area contributed by atoms with Crippen LogP contribution in [0.3, 0.4) is 0 Å². The third-order valence-corrected chi connectivity index (χ3v) is 3.40. The number of rotatable bonds is 5. The van der Waals surface area contributed by atoms with E-state index in [0.29, 0.717) is 17.0 Å². The minimum atomic E-state index is -1.16. The Kier molecular flexibility index (Phi) is 4.25. The molecule has 0 unspecified atom stereocenters. The summed E-state index contributed by atoms with van der Waals surface area (Å²) in [5.41, 5.74) is 2.55. The van der Waals surface area contributed by atoms with Crippen molar-refractivity contribution in [3.05, 3.63) is 71.5 Å². The van der Waals surface area contributed by atoms with Crippen LogP contribution in [0.25, 0.3) is 11.3 Å². The van der Waals surface area contributed by atoms with Crippen LogP contribution in [0.15, 0.2) is 59.1 Å². The van der Waals surface area contributed by atoms with E-state index in [1.165, 1.54) is 6.07 Å². The summed E-state index contributed by atoms with van der Waals surface area (Å²) >= 11 is 0. The number of benzene rings is 2. The Hall–Kier alpha value is -3.59. The highest BCUT2D eigenvalue weighted by molar-refractivity contribution is 5.85. The highest BCUT2D eigenvalue weighted by atomic mass is 16.5. The summed E-state index contributed by atoms with van der Waals surface area (Å²) in [5, 5.41) is 21.6. The van der Waals surface area contributed by atoms with Crippen LogP contribution >= 0.6 is 0 Å². The molecule has 1 aromatic heterocycles. The zero-order valence-electron chi connectivity index (χ0n) is 12.5. The van der Waals surface area contributed by atoms with Gasteiger partial charge in [-0.3, -0.25) is 0 Å². The highest BCUT2D eigenvalue weighted by Crippen LogP contribution is 2.23. The van der Waals surface area contributed by atoms with E-state index in [1.54, 1.807) is 36.4 Å². The Morgan fingerprint density at radius 3 is 2.62 bits per heavy atom. The molecule has 3 aromatic rings. The Bertz CT molecular complexity index is 907. The number of hydrogen-bond donors (Lipinski definition) is 1. The monoisotopic (exact) mass is 320 g/mol. The molecule has 1 heterocycles. The third kappa shape index (κ3) is 3.25. The van der Waals surface area contributed by atoms with Crippen molar-refractivity contribution in [3.8, 4) is 23.1 Å².